The number of likely N-dealkylation sites (N-methyl/N-ethyl adjacent to an activating group) is 1. The van der Waals surface area contributed by atoms with Crippen molar-refractivity contribution < 1.29 is 18.0 Å². The summed E-state index contributed by atoms with van der Waals surface area (Å²) in [6.45, 7) is 0.678. The molecule has 1 aliphatic heterocycles. The molecule has 1 N–H and O–H groups in total. The summed E-state index contributed by atoms with van der Waals surface area (Å²) in [5, 5.41) is 2.75. The number of carbonyl (C=O) groups is 2. The topological polar surface area (TPSA) is 86.8 Å². The molecule has 1 heterocycles. The Morgan fingerprint density at radius 3 is 2.57 bits per heavy atom. The molecule has 2 aromatic carbocycles. The molecule has 0 saturated carbocycles. The molecule has 3 rings (SSSR count). The number of nitrogens with one attached hydrogen (secondary N) is 1. The van der Waals surface area contributed by atoms with Gasteiger partial charge in [-0.25, -0.2) is 8.42 Å². The number of carbonyl (C=O) groups excluding carboxylic acids is 2. The van der Waals surface area contributed by atoms with Gasteiger partial charge in [0.15, 0.2) is 0 Å². The first-order valence-electron chi connectivity index (χ1n) is 9.57. The number of rotatable bonds is 8. The zero-order chi connectivity index (χ0) is 21.7. The van der Waals surface area contributed by atoms with E-state index in [0.717, 1.165) is 26.9 Å². The fourth-order valence-corrected chi connectivity index (χ4v) is 4.76. The Bertz CT molecular complexity index is 1020. The summed E-state index contributed by atoms with van der Waals surface area (Å²) < 4.78 is 26.4. The molecule has 7 nitrogen and oxygen atoms in total. The highest BCUT2D eigenvalue weighted by atomic mass is 32.2. The van der Waals surface area contributed by atoms with Gasteiger partial charge < -0.3 is 10.2 Å². The number of thioether (sulfide) groups is 1. The van der Waals surface area contributed by atoms with Crippen molar-refractivity contribution in [2.75, 3.05) is 31.3 Å². The lowest BCUT2D eigenvalue weighted by molar-refractivity contribution is -0.121. The first kappa shape index (κ1) is 22.3. The van der Waals surface area contributed by atoms with E-state index in [-0.39, 0.29) is 23.9 Å². The van der Waals surface area contributed by atoms with Gasteiger partial charge in [-0.05, 0) is 54.6 Å². The normalized spacial score (nSPS) is 14.4. The van der Waals surface area contributed by atoms with Crippen molar-refractivity contribution in [3.63, 3.8) is 0 Å². The van der Waals surface area contributed by atoms with Crippen LogP contribution in [0.25, 0.3) is 0 Å². The summed E-state index contributed by atoms with van der Waals surface area (Å²) in [5.74, 6) is -0.293. The standard InChI is InChI=1S/C21H25N3O4S2/c1-23(30(27,28)19-10-8-18(29-2)9-11-19)15-20(25)22-14-16-5-3-6-17(13-16)24-12-4-7-21(24)26/h3,5-6,8-11,13H,4,7,12,14-15H2,1-2H3,(H,22,25). The Labute approximate surface area is 181 Å². The molecule has 9 heteroatoms. The SMILES string of the molecule is CSc1ccc(S(=O)(=O)N(C)CC(=O)NCc2cccc(N3CCCC3=O)c2)cc1. The van der Waals surface area contributed by atoms with E-state index in [1.165, 1.54) is 18.8 Å². The highest BCUT2D eigenvalue weighted by molar-refractivity contribution is 7.98. The fourth-order valence-electron chi connectivity index (χ4n) is 3.23. The molecule has 30 heavy (non-hydrogen) atoms. The van der Waals surface area contributed by atoms with Gasteiger partial charge in [-0.3, -0.25) is 9.59 Å². The average molecular weight is 448 g/mol. The molecule has 1 saturated heterocycles. The van der Waals surface area contributed by atoms with E-state index in [0.29, 0.717) is 13.0 Å². The number of anilines is 1. The van der Waals surface area contributed by atoms with Crippen molar-refractivity contribution in [3.8, 4) is 0 Å². The van der Waals surface area contributed by atoms with Crippen LogP contribution in [-0.2, 0) is 26.2 Å². The van der Waals surface area contributed by atoms with Crippen LogP contribution < -0.4 is 10.2 Å². The Kier molecular flexibility index (Phi) is 7.17. The highest BCUT2D eigenvalue weighted by Crippen LogP contribution is 2.22. The third-order valence-electron chi connectivity index (χ3n) is 4.92. The first-order chi connectivity index (χ1) is 14.3. The van der Waals surface area contributed by atoms with Gasteiger partial charge in [-0.2, -0.15) is 4.31 Å². The molecule has 0 aromatic heterocycles. The van der Waals surface area contributed by atoms with E-state index in [2.05, 4.69) is 5.32 Å². The quantitative estimate of drug-likeness (QED) is 0.628. The van der Waals surface area contributed by atoms with E-state index < -0.39 is 15.9 Å². The van der Waals surface area contributed by atoms with Crippen LogP contribution in [0.2, 0.25) is 0 Å². The molecular formula is C21H25N3O4S2. The lowest BCUT2D eigenvalue weighted by atomic mass is 10.2. The lowest BCUT2D eigenvalue weighted by Crippen LogP contribution is -2.38. The van der Waals surface area contributed by atoms with Crippen LogP contribution in [0.3, 0.4) is 0 Å². The fraction of sp³-hybridized carbons (Fsp3) is 0.333. The minimum atomic E-state index is -3.75. The van der Waals surface area contributed by atoms with Crippen molar-refractivity contribution in [2.24, 2.45) is 0 Å². The molecule has 0 bridgehead atoms. The smallest absolute Gasteiger partial charge is 0.243 e. The number of nitrogens with zero attached hydrogens (tertiary/aromatic N) is 2. The molecular weight excluding hydrogens is 422 g/mol. The highest BCUT2D eigenvalue weighted by Gasteiger charge is 2.23. The third kappa shape index (κ3) is 5.21. The van der Waals surface area contributed by atoms with E-state index in [1.54, 1.807) is 29.2 Å². The van der Waals surface area contributed by atoms with Crippen LogP contribution in [0.1, 0.15) is 18.4 Å². The van der Waals surface area contributed by atoms with Gasteiger partial charge in [0.25, 0.3) is 0 Å². The zero-order valence-electron chi connectivity index (χ0n) is 17.0. The zero-order valence-corrected chi connectivity index (χ0v) is 18.6. The van der Waals surface area contributed by atoms with E-state index in [9.17, 15) is 18.0 Å². The molecule has 2 aromatic rings. The van der Waals surface area contributed by atoms with Crippen molar-refractivity contribution >= 4 is 39.3 Å². The summed E-state index contributed by atoms with van der Waals surface area (Å²) >= 11 is 1.53. The summed E-state index contributed by atoms with van der Waals surface area (Å²) in [4.78, 5) is 27.1. The Morgan fingerprint density at radius 1 is 1.20 bits per heavy atom. The molecule has 1 fully saturated rings. The van der Waals surface area contributed by atoms with Crippen LogP contribution in [0, 0.1) is 0 Å². The number of sulfonamides is 1. The molecule has 0 atom stereocenters. The molecule has 0 aliphatic carbocycles. The Hall–Kier alpha value is -2.36. The Balaban J connectivity index is 1.58. The predicted molar refractivity (Wildman–Crippen MR) is 118 cm³/mol. The van der Waals surface area contributed by atoms with Crippen LogP contribution >= 0.6 is 11.8 Å². The maximum absolute atomic E-state index is 12.7. The maximum atomic E-state index is 12.7. The first-order valence-corrected chi connectivity index (χ1v) is 12.2. The van der Waals surface area contributed by atoms with E-state index >= 15 is 0 Å². The van der Waals surface area contributed by atoms with Gasteiger partial charge in [-0.1, -0.05) is 12.1 Å². The number of amides is 2. The maximum Gasteiger partial charge on any atom is 0.243 e. The lowest BCUT2D eigenvalue weighted by Gasteiger charge is -2.18. The third-order valence-corrected chi connectivity index (χ3v) is 7.48. The summed E-state index contributed by atoms with van der Waals surface area (Å²) in [6.07, 6.45) is 3.32. The van der Waals surface area contributed by atoms with Gasteiger partial charge in [-0.15, -0.1) is 11.8 Å². The van der Waals surface area contributed by atoms with Crippen molar-refractivity contribution in [3.05, 3.63) is 54.1 Å². The summed E-state index contributed by atoms with van der Waals surface area (Å²) in [5.41, 5.74) is 1.66. The molecule has 160 valence electrons. The van der Waals surface area contributed by atoms with Crippen LogP contribution in [-0.4, -0.2) is 50.9 Å². The van der Waals surface area contributed by atoms with Crippen molar-refractivity contribution in [1.29, 1.82) is 0 Å². The van der Waals surface area contributed by atoms with E-state index in [1.807, 2.05) is 30.5 Å². The molecule has 0 radical (unpaired) electrons. The van der Waals surface area contributed by atoms with Crippen molar-refractivity contribution in [2.45, 2.75) is 29.2 Å². The minimum Gasteiger partial charge on any atom is -0.351 e. The number of benzene rings is 2. The monoisotopic (exact) mass is 447 g/mol. The van der Waals surface area contributed by atoms with Gasteiger partial charge >= 0.3 is 0 Å². The molecule has 2 amide bonds. The minimum absolute atomic E-state index is 0.105. The Morgan fingerprint density at radius 2 is 1.93 bits per heavy atom. The average Bonchev–Trinajstić information content (AvgIpc) is 3.18. The largest absolute Gasteiger partial charge is 0.351 e. The van der Waals surface area contributed by atoms with Crippen LogP contribution in [0.5, 0.6) is 0 Å². The van der Waals surface area contributed by atoms with Gasteiger partial charge in [0.1, 0.15) is 0 Å². The second kappa shape index (κ2) is 9.63. The number of hydrogen-bond donors (Lipinski definition) is 1. The van der Waals surface area contributed by atoms with Gasteiger partial charge in [0.2, 0.25) is 21.8 Å². The van der Waals surface area contributed by atoms with Crippen LogP contribution in [0.15, 0.2) is 58.3 Å². The predicted octanol–water partition coefficient (Wildman–Crippen LogP) is 2.47. The number of hydrogen-bond acceptors (Lipinski definition) is 5. The second-order valence-corrected chi connectivity index (χ2v) is 9.96. The van der Waals surface area contributed by atoms with Gasteiger partial charge in [0, 0.05) is 37.1 Å². The molecule has 0 unspecified atom stereocenters. The van der Waals surface area contributed by atoms with Crippen LogP contribution in [0.4, 0.5) is 5.69 Å². The van der Waals surface area contributed by atoms with E-state index in [4.69, 9.17) is 0 Å². The molecule has 0 spiro atoms. The summed E-state index contributed by atoms with van der Waals surface area (Å²) in [7, 11) is -2.36. The molecule has 1 aliphatic rings. The van der Waals surface area contributed by atoms with Crippen molar-refractivity contribution in [1.82, 2.24) is 9.62 Å². The van der Waals surface area contributed by atoms with Gasteiger partial charge in [0.05, 0.1) is 11.4 Å². The second-order valence-electron chi connectivity index (χ2n) is 7.03. The summed E-state index contributed by atoms with van der Waals surface area (Å²) in [6, 6.07) is 14.0.